The van der Waals surface area contributed by atoms with Gasteiger partial charge >= 0.3 is 0 Å². The minimum Gasteiger partial charge on any atom is -0.236 e. The maximum absolute atomic E-state index is 5.06. The van der Waals surface area contributed by atoms with Crippen molar-refractivity contribution in [1.29, 1.82) is 0 Å². The van der Waals surface area contributed by atoms with Crippen molar-refractivity contribution in [3.63, 3.8) is 0 Å². The van der Waals surface area contributed by atoms with Gasteiger partial charge in [-0.1, -0.05) is 163 Å². The van der Waals surface area contributed by atoms with E-state index in [9.17, 15) is 0 Å². The topological polar surface area (TPSA) is 12.9 Å². The van der Waals surface area contributed by atoms with Gasteiger partial charge in [0.15, 0.2) is 0 Å². The second-order valence-electron chi connectivity index (χ2n) is 13.0. The molecule has 1 aromatic heterocycles. The first kappa shape index (κ1) is 32.4. The maximum atomic E-state index is 5.06. The first-order valence-corrected chi connectivity index (χ1v) is 19.1. The molecule has 1 aliphatic carbocycles. The van der Waals surface area contributed by atoms with Crippen LogP contribution in [0.4, 0.5) is 0 Å². The number of nitrogens with zero attached hydrogens (tertiary/aromatic N) is 1. The van der Waals surface area contributed by atoms with Gasteiger partial charge in [-0.05, 0) is 65.4 Å². The van der Waals surface area contributed by atoms with Gasteiger partial charge < -0.3 is 0 Å². The molecule has 4 aromatic rings. The molecule has 0 N–H and O–H groups in total. The Kier molecular flexibility index (Phi) is 12.3. The molecule has 1 nitrogen and oxygen atoms in total. The molecule has 230 valence electrons. The van der Waals surface area contributed by atoms with Crippen LogP contribution in [0.25, 0.3) is 31.9 Å². The molecule has 5 rings (SSSR count). The van der Waals surface area contributed by atoms with Gasteiger partial charge in [-0.3, -0.25) is 0 Å². The van der Waals surface area contributed by atoms with Gasteiger partial charge in [-0.25, -0.2) is 4.98 Å². The average Bonchev–Trinajstić information content (AvgIpc) is 3.57. The summed E-state index contributed by atoms with van der Waals surface area (Å²) in [5, 5.41) is 1.15. The average molecular weight is 659 g/mol. The third-order valence-electron chi connectivity index (χ3n) is 9.78. The number of halogens is 1. The van der Waals surface area contributed by atoms with E-state index in [0.717, 1.165) is 10.5 Å². The molecule has 0 unspecified atom stereocenters. The van der Waals surface area contributed by atoms with Gasteiger partial charge in [0, 0.05) is 15.5 Å². The molecule has 0 fully saturated rings. The van der Waals surface area contributed by atoms with Crippen LogP contribution in [0.2, 0.25) is 0 Å². The summed E-state index contributed by atoms with van der Waals surface area (Å²) in [6, 6.07) is 22.9. The molecule has 1 aliphatic rings. The molecule has 0 spiro atoms. The normalized spacial score (nSPS) is 13.5. The van der Waals surface area contributed by atoms with Crippen LogP contribution in [-0.2, 0) is 5.41 Å². The monoisotopic (exact) mass is 657 g/mol. The molecule has 0 bridgehead atoms. The van der Waals surface area contributed by atoms with Crippen molar-refractivity contribution in [2.24, 2.45) is 0 Å². The van der Waals surface area contributed by atoms with E-state index >= 15 is 0 Å². The van der Waals surface area contributed by atoms with E-state index in [4.69, 9.17) is 4.98 Å². The fraction of sp³-hybridized carbons (Fsp3) is 0.525. The number of benzene rings is 3. The molecular formula is C40H52BrNS. The Labute approximate surface area is 274 Å². The highest BCUT2D eigenvalue weighted by molar-refractivity contribution is 9.10. The van der Waals surface area contributed by atoms with Gasteiger partial charge in [0.05, 0.1) is 10.2 Å². The zero-order valence-electron chi connectivity index (χ0n) is 26.7. The van der Waals surface area contributed by atoms with Gasteiger partial charge in [-0.15, -0.1) is 11.3 Å². The smallest absolute Gasteiger partial charge is 0.124 e. The Morgan fingerprint density at radius 2 is 1.14 bits per heavy atom. The van der Waals surface area contributed by atoms with Gasteiger partial charge in [0.1, 0.15) is 5.01 Å². The fourth-order valence-electron chi connectivity index (χ4n) is 7.38. The number of rotatable bonds is 19. The number of hydrogen-bond acceptors (Lipinski definition) is 2. The minimum absolute atomic E-state index is 0.0888. The van der Waals surface area contributed by atoms with Crippen LogP contribution < -0.4 is 0 Å². The van der Waals surface area contributed by atoms with Crippen LogP contribution >= 0.6 is 27.3 Å². The number of hydrogen-bond donors (Lipinski definition) is 0. The number of para-hydroxylation sites is 1. The van der Waals surface area contributed by atoms with Crippen molar-refractivity contribution in [1.82, 2.24) is 4.98 Å². The molecule has 43 heavy (non-hydrogen) atoms. The van der Waals surface area contributed by atoms with E-state index < -0.39 is 0 Å². The van der Waals surface area contributed by atoms with Crippen LogP contribution in [0.15, 0.2) is 65.1 Å². The molecule has 0 saturated carbocycles. The van der Waals surface area contributed by atoms with E-state index in [1.165, 1.54) is 141 Å². The lowest BCUT2D eigenvalue weighted by molar-refractivity contribution is 0.397. The van der Waals surface area contributed by atoms with Crippen molar-refractivity contribution in [2.45, 2.75) is 135 Å². The summed E-state index contributed by atoms with van der Waals surface area (Å²) in [5.74, 6) is 0. The molecule has 3 aromatic carbocycles. The van der Waals surface area contributed by atoms with Crippen LogP contribution in [0, 0.1) is 0 Å². The zero-order valence-corrected chi connectivity index (χ0v) is 29.1. The second kappa shape index (κ2) is 16.4. The van der Waals surface area contributed by atoms with Gasteiger partial charge in [0.25, 0.3) is 0 Å². The number of aromatic nitrogens is 1. The standard InChI is InChI=1S/C40H52BrNS/c1-3-5-7-9-11-13-15-19-27-40(28-20-16-14-12-10-8-6-4-2)35-29-31(39-42-37-21-17-18-22-38(37)43-39)23-25-33(35)34-26-24-32(41)30-36(34)40/h17-18,21-26,29-30H,3-16,19-20,27-28H2,1-2H3. The SMILES string of the molecule is CCCCCCCCCCC1(CCCCCCCCCC)c2cc(Br)ccc2-c2ccc(-c3nc4ccccc4s3)cc21. The van der Waals surface area contributed by atoms with Crippen molar-refractivity contribution < 1.29 is 0 Å². The Bertz CT molecular complexity index is 1380. The van der Waals surface area contributed by atoms with Crippen molar-refractivity contribution in [2.75, 3.05) is 0 Å². The van der Waals surface area contributed by atoms with Crippen molar-refractivity contribution >= 4 is 37.5 Å². The molecule has 0 saturated heterocycles. The Balaban J connectivity index is 1.41. The lowest BCUT2D eigenvalue weighted by atomic mass is 9.70. The largest absolute Gasteiger partial charge is 0.236 e. The van der Waals surface area contributed by atoms with Crippen LogP contribution in [0.5, 0.6) is 0 Å². The lowest BCUT2D eigenvalue weighted by Gasteiger charge is -2.33. The van der Waals surface area contributed by atoms with E-state index in [0.29, 0.717) is 0 Å². The highest BCUT2D eigenvalue weighted by Gasteiger charge is 2.42. The highest BCUT2D eigenvalue weighted by atomic mass is 79.9. The number of unbranched alkanes of at least 4 members (excludes halogenated alkanes) is 14. The quantitative estimate of drug-likeness (QED) is 0.0914. The number of fused-ring (bicyclic) bond motifs is 4. The molecular weight excluding hydrogens is 606 g/mol. The fourth-order valence-corrected chi connectivity index (χ4v) is 8.70. The van der Waals surface area contributed by atoms with Crippen LogP contribution in [0.1, 0.15) is 141 Å². The Morgan fingerprint density at radius 1 is 0.605 bits per heavy atom. The summed E-state index contributed by atoms with van der Waals surface area (Å²) in [7, 11) is 0. The predicted molar refractivity (Wildman–Crippen MR) is 193 cm³/mol. The maximum Gasteiger partial charge on any atom is 0.124 e. The summed E-state index contributed by atoms with van der Waals surface area (Å²) < 4.78 is 2.48. The molecule has 0 atom stereocenters. The lowest BCUT2D eigenvalue weighted by Crippen LogP contribution is -2.25. The zero-order chi connectivity index (χ0) is 29.9. The Morgan fingerprint density at radius 3 is 1.74 bits per heavy atom. The van der Waals surface area contributed by atoms with Crippen LogP contribution in [0.3, 0.4) is 0 Å². The summed E-state index contributed by atoms with van der Waals surface area (Å²) in [6.07, 6.45) is 24.4. The summed E-state index contributed by atoms with van der Waals surface area (Å²) in [4.78, 5) is 5.06. The Hall–Kier alpha value is -1.97. The van der Waals surface area contributed by atoms with E-state index in [2.05, 4.69) is 90.4 Å². The first-order chi connectivity index (χ1) is 21.2. The first-order valence-electron chi connectivity index (χ1n) is 17.5. The minimum atomic E-state index is 0.0888. The van der Waals surface area contributed by atoms with E-state index in [1.807, 2.05) is 11.3 Å². The molecule has 3 heteroatoms. The molecule has 1 heterocycles. The molecule has 0 radical (unpaired) electrons. The predicted octanol–water partition coefficient (Wildman–Crippen LogP) is 14.1. The summed E-state index contributed by atoms with van der Waals surface area (Å²) in [6.45, 7) is 4.62. The third kappa shape index (κ3) is 8.01. The third-order valence-corrected chi connectivity index (χ3v) is 11.4. The molecule has 0 aliphatic heterocycles. The highest BCUT2D eigenvalue weighted by Crippen LogP contribution is 2.55. The van der Waals surface area contributed by atoms with E-state index in [1.54, 1.807) is 11.1 Å². The summed E-state index contributed by atoms with van der Waals surface area (Å²) >= 11 is 5.70. The second-order valence-corrected chi connectivity index (χ2v) is 14.9. The van der Waals surface area contributed by atoms with Crippen molar-refractivity contribution in [3.05, 3.63) is 76.3 Å². The van der Waals surface area contributed by atoms with E-state index in [-0.39, 0.29) is 5.41 Å². The van der Waals surface area contributed by atoms with Crippen LogP contribution in [-0.4, -0.2) is 4.98 Å². The van der Waals surface area contributed by atoms with Gasteiger partial charge in [-0.2, -0.15) is 0 Å². The van der Waals surface area contributed by atoms with Crippen molar-refractivity contribution in [3.8, 4) is 21.7 Å². The van der Waals surface area contributed by atoms with Gasteiger partial charge in [0.2, 0.25) is 0 Å². The molecule has 0 amide bonds. The number of thiazole rings is 1. The summed E-state index contributed by atoms with van der Waals surface area (Å²) in [5.41, 5.74) is 8.50.